The van der Waals surface area contributed by atoms with E-state index in [0.29, 0.717) is 11.3 Å². The molecule has 0 fully saturated rings. The highest BCUT2D eigenvalue weighted by Gasteiger charge is 2.17. The SMILES string of the molecule is Cc1cc(C(=O)Nc2cccc(F)c2C(=O)O)ccn1. The Morgan fingerprint density at radius 2 is 2.05 bits per heavy atom. The van der Waals surface area contributed by atoms with Crippen LogP contribution in [0, 0.1) is 12.7 Å². The number of amides is 1. The number of carboxylic acid groups (broad SMARTS) is 1. The summed E-state index contributed by atoms with van der Waals surface area (Å²) in [6.45, 7) is 1.72. The number of pyridine rings is 1. The van der Waals surface area contributed by atoms with Gasteiger partial charge in [0.25, 0.3) is 5.91 Å². The van der Waals surface area contributed by atoms with E-state index in [4.69, 9.17) is 5.11 Å². The predicted octanol–water partition coefficient (Wildman–Crippen LogP) is 2.48. The summed E-state index contributed by atoms with van der Waals surface area (Å²) in [6, 6.07) is 6.72. The molecule has 20 heavy (non-hydrogen) atoms. The first-order valence-electron chi connectivity index (χ1n) is 5.75. The number of aromatic carboxylic acids is 1. The third-order valence-corrected chi connectivity index (χ3v) is 2.63. The van der Waals surface area contributed by atoms with Gasteiger partial charge in [0.2, 0.25) is 0 Å². The number of hydrogen-bond donors (Lipinski definition) is 2. The largest absolute Gasteiger partial charge is 0.478 e. The van der Waals surface area contributed by atoms with Gasteiger partial charge in [-0.2, -0.15) is 0 Å². The van der Waals surface area contributed by atoms with Gasteiger partial charge in [0, 0.05) is 17.5 Å². The second kappa shape index (κ2) is 5.48. The lowest BCUT2D eigenvalue weighted by molar-refractivity contribution is 0.0693. The molecule has 0 aliphatic heterocycles. The zero-order valence-electron chi connectivity index (χ0n) is 10.6. The summed E-state index contributed by atoms with van der Waals surface area (Å²) in [7, 11) is 0. The average molecular weight is 274 g/mol. The van der Waals surface area contributed by atoms with Crippen LogP contribution in [-0.4, -0.2) is 22.0 Å². The minimum absolute atomic E-state index is 0.0861. The Morgan fingerprint density at radius 3 is 2.70 bits per heavy atom. The molecular weight excluding hydrogens is 263 g/mol. The quantitative estimate of drug-likeness (QED) is 0.901. The van der Waals surface area contributed by atoms with Crippen molar-refractivity contribution >= 4 is 17.6 Å². The lowest BCUT2D eigenvalue weighted by Gasteiger charge is -2.09. The fraction of sp³-hybridized carbons (Fsp3) is 0.0714. The van der Waals surface area contributed by atoms with Gasteiger partial charge in [-0.25, -0.2) is 9.18 Å². The molecule has 102 valence electrons. The van der Waals surface area contributed by atoms with Crippen LogP contribution in [0.25, 0.3) is 0 Å². The highest BCUT2D eigenvalue weighted by atomic mass is 19.1. The van der Waals surface area contributed by atoms with Gasteiger partial charge in [0.05, 0.1) is 5.69 Å². The molecule has 0 aliphatic rings. The maximum Gasteiger partial charge on any atom is 0.340 e. The number of carboxylic acids is 1. The van der Waals surface area contributed by atoms with Gasteiger partial charge < -0.3 is 10.4 Å². The molecule has 0 unspecified atom stereocenters. The third kappa shape index (κ3) is 2.80. The van der Waals surface area contributed by atoms with Gasteiger partial charge in [-0.1, -0.05) is 6.07 Å². The lowest BCUT2D eigenvalue weighted by Crippen LogP contribution is -2.16. The molecule has 2 rings (SSSR count). The number of carbonyl (C=O) groups is 2. The number of benzene rings is 1. The maximum atomic E-state index is 13.5. The number of rotatable bonds is 3. The Morgan fingerprint density at radius 1 is 1.30 bits per heavy atom. The molecule has 0 bridgehead atoms. The summed E-state index contributed by atoms with van der Waals surface area (Å²) in [6.07, 6.45) is 1.47. The minimum Gasteiger partial charge on any atom is -0.478 e. The van der Waals surface area contributed by atoms with Crippen molar-refractivity contribution in [3.63, 3.8) is 0 Å². The van der Waals surface area contributed by atoms with Crippen LogP contribution in [-0.2, 0) is 0 Å². The molecule has 0 saturated heterocycles. The van der Waals surface area contributed by atoms with Gasteiger partial charge in [0.15, 0.2) is 0 Å². The van der Waals surface area contributed by atoms with Crippen molar-refractivity contribution in [1.82, 2.24) is 4.98 Å². The van der Waals surface area contributed by atoms with Crippen LogP contribution in [0.1, 0.15) is 26.4 Å². The zero-order valence-corrected chi connectivity index (χ0v) is 10.6. The van der Waals surface area contributed by atoms with Gasteiger partial charge >= 0.3 is 5.97 Å². The Labute approximate surface area is 114 Å². The number of carbonyl (C=O) groups excluding carboxylic acids is 1. The Kier molecular flexibility index (Phi) is 3.74. The summed E-state index contributed by atoms with van der Waals surface area (Å²) < 4.78 is 13.5. The van der Waals surface area contributed by atoms with Crippen molar-refractivity contribution in [2.24, 2.45) is 0 Å². The molecule has 0 radical (unpaired) electrons. The normalized spacial score (nSPS) is 10.1. The fourth-order valence-corrected chi connectivity index (χ4v) is 1.73. The van der Waals surface area contributed by atoms with Gasteiger partial charge in [-0.15, -0.1) is 0 Å². The number of halogens is 1. The molecule has 2 N–H and O–H groups in total. The van der Waals surface area contributed by atoms with Crippen molar-refractivity contribution in [2.75, 3.05) is 5.32 Å². The molecule has 1 amide bonds. The second-order valence-corrected chi connectivity index (χ2v) is 4.11. The maximum absolute atomic E-state index is 13.5. The molecule has 1 heterocycles. The highest BCUT2D eigenvalue weighted by Crippen LogP contribution is 2.19. The topological polar surface area (TPSA) is 79.3 Å². The monoisotopic (exact) mass is 274 g/mol. The molecule has 1 aromatic heterocycles. The van der Waals surface area contributed by atoms with E-state index in [2.05, 4.69) is 10.3 Å². The number of nitrogens with zero attached hydrogens (tertiary/aromatic N) is 1. The van der Waals surface area contributed by atoms with Gasteiger partial charge in [-0.05, 0) is 31.2 Å². The summed E-state index contributed by atoms with van der Waals surface area (Å²) >= 11 is 0. The van der Waals surface area contributed by atoms with Crippen LogP contribution < -0.4 is 5.32 Å². The fourth-order valence-electron chi connectivity index (χ4n) is 1.73. The van der Waals surface area contributed by atoms with Gasteiger partial charge in [0.1, 0.15) is 11.4 Å². The minimum atomic E-state index is -1.44. The molecule has 2 aromatic rings. The van der Waals surface area contributed by atoms with Crippen LogP contribution in [0.15, 0.2) is 36.5 Å². The van der Waals surface area contributed by atoms with E-state index in [-0.39, 0.29) is 5.69 Å². The van der Waals surface area contributed by atoms with Crippen LogP contribution in [0.2, 0.25) is 0 Å². The number of hydrogen-bond acceptors (Lipinski definition) is 3. The predicted molar refractivity (Wildman–Crippen MR) is 70.3 cm³/mol. The first-order chi connectivity index (χ1) is 9.49. The molecule has 6 heteroatoms. The average Bonchev–Trinajstić information content (AvgIpc) is 2.38. The van der Waals surface area contributed by atoms with Crippen LogP contribution in [0.4, 0.5) is 10.1 Å². The Balaban J connectivity index is 2.33. The first kappa shape index (κ1) is 13.7. The molecule has 0 saturated carbocycles. The van der Waals surface area contributed by atoms with E-state index in [1.54, 1.807) is 13.0 Å². The van der Waals surface area contributed by atoms with Crippen molar-refractivity contribution in [3.05, 3.63) is 59.2 Å². The molecule has 1 aromatic carbocycles. The van der Waals surface area contributed by atoms with E-state index < -0.39 is 23.3 Å². The molecule has 0 aliphatic carbocycles. The number of aromatic nitrogens is 1. The smallest absolute Gasteiger partial charge is 0.340 e. The molecular formula is C14H11FN2O3. The number of aryl methyl sites for hydroxylation is 1. The lowest BCUT2D eigenvalue weighted by atomic mass is 10.1. The van der Waals surface area contributed by atoms with Crippen molar-refractivity contribution < 1.29 is 19.1 Å². The van der Waals surface area contributed by atoms with Crippen LogP contribution >= 0.6 is 0 Å². The van der Waals surface area contributed by atoms with Crippen molar-refractivity contribution in [3.8, 4) is 0 Å². The first-order valence-corrected chi connectivity index (χ1v) is 5.75. The summed E-state index contributed by atoms with van der Waals surface area (Å²) in [5.41, 5.74) is 0.317. The third-order valence-electron chi connectivity index (χ3n) is 2.63. The van der Waals surface area contributed by atoms with Crippen molar-refractivity contribution in [1.29, 1.82) is 0 Å². The van der Waals surface area contributed by atoms with Crippen LogP contribution in [0.5, 0.6) is 0 Å². The molecule has 5 nitrogen and oxygen atoms in total. The Hall–Kier alpha value is -2.76. The van der Waals surface area contributed by atoms with E-state index in [9.17, 15) is 14.0 Å². The van der Waals surface area contributed by atoms with Crippen LogP contribution in [0.3, 0.4) is 0 Å². The second-order valence-electron chi connectivity index (χ2n) is 4.11. The van der Waals surface area contributed by atoms with E-state index in [1.165, 1.54) is 24.4 Å². The summed E-state index contributed by atoms with van der Waals surface area (Å²) in [5.74, 6) is -2.87. The van der Waals surface area contributed by atoms with E-state index in [0.717, 1.165) is 6.07 Å². The standard InChI is InChI=1S/C14H11FN2O3/c1-8-7-9(5-6-16-8)13(18)17-11-4-2-3-10(15)12(11)14(19)20/h2-7H,1H3,(H,17,18)(H,19,20). The van der Waals surface area contributed by atoms with Gasteiger partial charge in [-0.3, -0.25) is 9.78 Å². The number of anilines is 1. The molecule has 0 spiro atoms. The summed E-state index contributed by atoms with van der Waals surface area (Å²) in [5, 5.41) is 11.4. The highest BCUT2D eigenvalue weighted by molar-refractivity contribution is 6.07. The van der Waals surface area contributed by atoms with E-state index >= 15 is 0 Å². The number of nitrogens with one attached hydrogen (secondary N) is 1. The molecule has 0 atom stereocenters. The zero-order chi connectivity index (χ0) is 14.7. The summed E-state index contributed by atoms with van der Waals surface area (Å²) in [4.78, 5) is 27.0. The Bertz CT molecular complexity index is 686. The van der Waals surface area contributed by atoms with Crippen molar-refractivity contribution in [2.45, 2.75) is 6.92 Å². The van der Waals surface area contributed by atoms with E-state index in [1.807, 2.05) is 0 Å².